The Morgan fingerprint density at radius 3 is 2.59 bits per heavy atom. The van der Waals surface area contributed by atoms with Gasteiger partial charge in [-0.2, -0.15) is 5.21 Å². The number of aromatic nitrogens is 5. The fourth-order valence-corrected chi connectivity index (χ4v) is 3.81. The summed E-state index contributed by atoms with van der Waals surface area (Å²) in [4.78, 5) is 12.8. The number of H-pyrrole nitrogens is 1. The molecule has 162 valence electrons. The van der Waals surface area contributed by atoms with Crippen molar-refractivity contribution in [2.75, 3.05) is 7.11 Å². The van der Waals surface area contributed by atoms with E-state index < -0.39 is 0 Å². The summed E-state index contributed by atoms with van der Waals surface area (Å²) in [5.74, 6) is 1.27. The van der Waals surface area contributed by atoms with Crippen LogP contribution in [0.5, 0.6) is 5.75 Å². The second-order valence-electron chi connectivity index (χ2n) is 6.97. The first-order valence-electron chi connectivity index (χ1n) is 9.79. The van der Waals surface area contributed by atoms with Gasteiger partial charge in [-0.3, -0.25) is 4.79 Å². The van der Waals surface area contributed by atoms with Crippen LogP contribution in [-0.2, 0) is 13.0 Å². The Morgan fingerprint density at radius 2 is 1.88 bits per heavy atom. The van der Waals surface area contributed by atoms with E-state index in [4.69, 9.17) is 27.9 Å². The highest BCUT2D eigenvalue weighted by Crippen LogP contribution is 2.22. The maximum Gasteiger partial charge on any atom is 0.269 e. The second-order valence-corrected chi connectivity index (χ2v) is 7.79. The third-order valence-electron chi connectivity index (χ3n) is 4.95. The zero-order chi connectivity index (χ0) is 22.5. The van der Waals surface area contributed by atoms with Crippen LogP contribution in [0.15, 0.2) is 59.4 Å². The molecule has 2 aromatic carbocycles. The van der Waals surface area contributed by atoms with Crippen LogP contribution in [0.25, 0.3) is 23.5 Å². The highest BCUT2D eigenvalue weighted by molar-refractivity contribution is 6.35. The molecule has 0 saturated carbocycles. The second kappa shape index (κ2) is 9.80. The van der Waals surface area contributed by atoms with Crippen LogP contribution in [0.1, 0.15) is 16.8 Å². The van der Waals surface area contributed by atoms with Crippen LogP contribution in [0.2, 0.25) is 10.0 Å². The zero-order valence-corrected chi connectivity index (χ0v) is 18.6. The van der Waals surface area contributed by atoms with E-state index in [2.05, 4.69) is 20.6 Å². The van der Waals surface area contributed by atoms with Gasteiger partial charge in [0.25, 0.3) is 5.56 Å². The lowest BCUT2D eigenvalue weighted by molar-refractivity contribution is 0.414. The molecule has 7 nitrogen and oxygen atoms in total. The third kappa shape index (κ3) is 4.90. The summed E-state index contributed by atoms with van der Waals surface area (Å²) < 4.78 is 6.85. The average Bonchev–Trinajstić information content (AvgIpc) is 3.35. The Kier molecular flexibility index (Phi) is 6.68. The van der Waals surface area contributed by atoms with Crippen molar-refractivity contribution in [1.29, 1.82) is 0 Å². The van der Waals surface area contributed by atoms with E-state index in [1.165, 1.54) is 6.07 Å². The summed E-state index contributed by atoms with van der Waals surface area (Å²) in [6, 6.07) is 16.8. The van der Waals surface area contributed by atoms with Gasteiger partial charge in [0.2, 0.25) is 5.82 Å². The van der Waals surface area contributed by atoms with Crippen molar-refractivity contribution in [3.63, 3.8) is 0 Å². The van der Waals surface area contributed by atoms with E-state index in [1.54, 1.807) is 11.7 Å². The van der Waals surface area contributed by atoms with E-state index >= 15 is 0 Å². The van der Waals surface area contributed by atoms with Crippen LogP contribution in [-0.4, -0.2) is 32.3 Å². The number of aromatic amines is 1. The first-order chi connectivity index (χ1) is 15.5. The Balaban J connectivity index is 1.59. The number of methoxy groups -OCH3 is 1. The summed E-state index contributed by atoms with van der Waals surface area (Å²) in [5.41, 5.74) is 3.12. The summed E-state index contributed by atoms with van der Waals surface area (Å²) in [7, 11) is 1.62. The largest absolute Gasteiger partial charge is 0.497 e. The molecule has 4 rings (SSSR count). The highest BCUT2D eigenvalue weighted by atomic mass is 35.5. The third-order valence-corrected chi connectivity index (χ3v) is 5.52. The first-order valence-corrected chi connectivity index (χ1v) is 10.5. The minimum atomic E-state index is -0.287. The number of ether oxygens (including phenoxy) is 1. The van der Waals surface area contributed by atoms with Crippen LogP contribution in [0.4, 0.5) is 0 Å². The number of nitrogens with one attached hydrogen (secondary N) is 1. The number of nitrogens with zero attached hydrogens (tertiary/aromatic N) is 4. The monoisotopic (exact) mass is 467 g/mol. The number of tetrazole rings is 1. The van der Waals surface area contributed by atoms with Gasteiger partial charge in [0.05, 0.1) is 17.8 Å². The minimum absolute atomic E-state index is 0.0842. The molecule has 0 radical (unpaired) electrons. The molecule has 0 bridgehead atoms. The molecule has 0 saturated heterocycles. The molecule has 0 spiro atoms. The number of pyridine rings is 1. The Bertz CT molecular complexity index is 1300. The van der Waals surface area contributed by atoms with Gasteiger partial charge >= 0.3 is 0 Å². The molecule has 0 aliphatic carbocycles. The number of rotatable bonds is 7. The van der Waals surface area contributed by atoms with Gasteiger partial charge in [-0.25, -0.2) is 0 Å². The fourth-order valence-electron chi connectivity index (χ4n) is 3.27. The molecule has 1 N–H and O–H groups in total. The number of halogens is 2. The summed E-state index contributed by atoms with van der Waals surface area (Å²) >= 11 is 12.6. The molecular weight excluding hydrogens is 449 g/mol. The van der Waals surface area contributed by atoms with Crippen molar-refractivity contribution in [2.45, 2.75) is 13.0 Å². The van der Waals surface area contributed by atoms with Gasteiger partial charge in [0, 0.05) is 12.1 Å². The molecular formula is C23H19Cl2N5O2. The molecule has 32 heavy (non-hydrogen) atoms. The summed E-state index contributed by atoms with van der Waals surface area (Å²) in [6.07, 6.45) is 4.31. The van der Waals surface area contributed by atoms with Crippen LogP contribution in [0.3, 0.4) is 0 Å². The van der Waals surface area contributed by atoms with Crippen LogP contribution >= 0.6 is 23.2 Å². The molecule has 2 heterocycles. The van der Waals surface area contributed by atoms with Crippen molar-refractivity contribution in [3.05, 3.63) is 91.8 Å². The topological polar surface area (TPSA) is 85.7 Å². The quantitative estimate of drug-likeness (QED) is 0.423. The standard InChI is InChI=1S/C23H19Cl2N5O2/c1-32-18-4-2-3-16(13-18)7-10-21-19(24)14-20(25)23(31)30(21)12-11-15-5-8-17(9-6-15)22-26-28-29-27-22/h2-10,13-14H,11-12H2,1H3,(H,26,27,28,29)/b10-7+. The molecule has 0 atom stereocenters. The number of hydrogen-bond acceptors (Lipinski definition) is 5. The average molecular weight is 468 g/mol. The maximum absolute atomic E-state index is 12.8. The molecule has 0 aliphatic rings. The van der Waals surface area contributed by atoms with E-state index in [9.17, 15) is 4.79 Å². The highest BCUT2D eigenvalue weighted by Gasteiger charge is 2.11. The normalized spacial score (nSPS) is 11.2. The smallest absolute Gasteiger partial charge is 0.269 e. The predicted molar refractivity (Wildman–Crippen MR) is 126 cm³/mol. The van der Waals surface area contributed by atoms with Crippen molar-refractivity contribution >= 4 is 35.4 Å². The van der Waals surface area contributed by atoms with Crippen LogP contribution in [0, 0.1) is 0 Å². The van der Waals surface area contributed by atoms with Gasteiger partial charge in [-0.15, -0.1) is 10.2 Å². The van der Waals surface area contributed by atoms with Crippen molar-refractivity contribution in [3.8, 4) is 17.1 Å². The molecule has 9 heteroatoms. The number of benzene rings is 2. The lowest BCUT2D eigenvalue weighted by Crippen LogP contribution is -2.24. The van der Waals surface area contributed by atoms with Gasteiger partial charge in [-0.1, -0.05) is 65.7 Å². The van der Waals surface area contributed by atoms with Gasteiger partial charge in [-0.05, 0) is 47.0 Å². The summed E-state index contributed by atoms with van der Waals surface area (Å²) in [5, 5.41) is 14.4. The SMILES string of the molecule is COc1cccc(/C=C/c2c(Cl)cc(Cl)c(=O)n2CCc2ccc(-c3nn[nH]n3)cc2)c1. The Labute approximate surface area is 194 Å². The number of aryl methyl sites for hydroxylation is 1. The minimum Gasteiger partial charge on any atom is -0.497 e. The lowest BCUT2D eigenvalue weighted by Gasteiger charge is -2.13. The molecule has 2 aromatic heterocycles. The summed E-state index contributed by atoms with van der Waals surface area (Å²) in [6.45, 7) is 0.415. The molecule has 0 amide bonds. The van der Waals surface area contributed by atoms with E-state index in [0.717, 1.165) is 22.4 Å². The molecule has 0 aliphatic heterocycles. The van der Waals surface area contributed by atoms with Crippen molar-refractivity contribution in [2.24, 2.45) is 0 Å². The van der Waals surface area contributed by atoms with E-state index in [1.807, 2.05) is 60.7 Å². The van der Waals surface area contributed by atoms with Crippen LogP contribution < -0.4 is 10.3 Å². The molecule has 0 unspecified atom stereocenters. The van der Waals surface area contributed by atoms with Gasteiger partial charge in [0.1, 0.15) is 10.8 Å². The molecule has 0 fully saturated rings. The number of hydrogen-bond donors (Lipinski definition) is 1. The van der Waals surface area contributed by atoms with Crippen molar-refractivity contribution in [1.82, 2.24) is 25.2 Å². The zero-order valence-electron chi connectivity index (χ0n) is 17.1. The lowest BCUT2D eigenvalue weighted by atomic mass is 10.1. The predicted octanol–water partition coefficient (Wildman–Crippen LogP) is 4.76. The van der Waals surface area contributed by atoms with Crippen molar-refractivity contribution < 1.29 is 4.74 Å². The molecule has 4 aromatic rings. The Hall–Kier alpha value is -3.42. The van der Waals surface area contributed by atoms with E-state index in [-0.39, 0.29) is 10.6 Å². The van der Waals surface area contributed by atoms with E-state index in [0.29, 0.717) is 29.5 Å². The van der Waals surface area contributed by atoms with Gasteiger partial charge < -0.3 is 9.30 Å². The Morgan fingerprint density at radius 1 is 1.06 bits per heavy atom. The maximum atomic E-state index is 12.8. The fraction of sp³-hybridized carbons (Fsp3) is 0.130. The first kappa shape index (κ1) is 21.8. The van der Waals surface area contributed by atoms with Gasteiger partial charge in [0.15, 0.2) is 0 Å².